The second-order valence-corrected chi connectivity index (χ2v) is 6.54. The summed E-state index contributed by atoms with van der Waals surface area (Å²) < 4.78 is 16.7. The molecule has 2 aliphatic rings. The average Bonchev–Trinajstić information content (AvgIpc) is 3.19. The lowest BCUT2D eigenvalue weighted by Gasteiger charge is -2.25. The maximum atomic E-state index is 5.83. The minimum atomic E-state index is 0.308. The lowest BCUT2D eigenvalue weighted by Crippen LogP contribution is -2.23. The molecule has 1 atom stereocenters. The smallest absolute Gasteiger partial charge is 0.230 e. The summed E-state index contributed by atoms with van der Waals surface area (Å²) >= 11 is 0. The fraction of sp³-hybridized carbons (Fsp3) is 0.556. The summed E-state index contributed by atoms with van der Waals surface area (Å²) in [6, 6.07) is 6.35. The predicted molar refractivity (Wildman–Crippen MR) is 88.2 cm³/mol. The van der Waals surface area contributed by atoms with Gasteiger partial charge in [-0.05, 0) is 38.3 Å². The minimum Gasteiger partial charge on any atom is -0.497 e. The molecular formula is C18H23N3O3. The van der Waals surface area contributed by atoms with Gasteiger partial charge >= 0.3 is 0 Å². The number of rotatable bonds is 6. The first-order valence-electron chi connectivity index (χ1n) is 8.56. The maximum absolute atomic E-state index is 5.83. The highest BCUT2D eigenvalue weighted by atomic mass is 16.5. The number of hydrogen-bond acceptors (Lipinski definition) is 6. The highest BCUT2D eigenvalue weighted by molar-refractivity contribution is 5.42. The van der Waals surface area contributed by atoms with Gasteiger partial charge in [-0.3, -0.25) is 4.90 Å². The Bertz CT molecular complexity index is 711. The number of nitrogens with zero attached hydrogens (tertiary/aromatic N) is 3. The zero-order valence-corrected chi connectivity index (χ0v) is 14.2. The van der Waals surface area contributed by atoms with Crippen molar-refractivity contribution in [3.8, 4) is 11.5 Å². The lowest BCUT2D eigenvalue weighted by molar-refractivity contribution is 0.217. The predicted octanol–water partition coefficient (Wildman–Crippen LogP) is 3.30. The molecule has 4 rings (SSSR count). The van der Waals surface area contributed by atoms with Crippen LogP contribution in [0.1, 0.15) is 55.0 Å². The van der Waals surface area contributed by atoms with Gasteiger partial charge in [0.1, 0.15) is 11.5 Å². The van der Waals surface area contributed by atoms with E-state index in [1.165, 1.54) is 18.4 Å². The Morgan fingerprint density at radius 1 is 1.17 bits per heavy atom. The van der Waals surface area contributed by atoms with Crippen molar-refractivity contribution in [2.45, 2.75) is 44.2 Å². The van der Waals surface area contributed by atoms with E-state index in [0.29, 0.717) is 18.5 Å². The third kappa shape index (κ3) is 2.98. The van der Waals surface area contributed by atoms with Gasteiger partial charge in [0.15, 0.2) is 0 Å². The number of aromatic nitrogens is 2. The van der Waals surface area contributed by atoms with E-state index >= 15 is 0 Å². The van der Waals surface area contributed by atoms with Crippen LogP contribution >= 0.6 is 0 Å². The van der Waals surface area contributed by atoms with Gasteiger partial charge in [0.05, 0.1) is 20.8 Å². The van der Waals surface area contributed by atoms with Crippen molar-refractivity contribution >= 4 is 0 Å². The molecule has 2 fully saturated rings. The second-order valence-electron chi connectivity index (χ2n) is 6.54. The van der Waals surface area contributed by atoms with E-state index in [1.807, 2.05) is 12.1 Å². The first-order valence-corrected chi connectivity index (χ1v) is 8.56. The van der Waals surface area contributed by atoms with E-state index in [1.54, 1.807) is 14.2 Å². The van der Waals surface area contributed by atoms with Crippen LogP contribution in [0.25, 0.3) is 0 Å². The highest BCUT2D eigenvalue weighted by Gasteiger charge is 2.32. The minimum absolute atomic E-state index is 0.308. The van der Waals surface area contributed by atoms with E-state index in [4.69, 9.17) is 13.9 Å². The van der Waals surface area contributed by atoms with Crippen LogP contribution in [0.2, 0.25) is 0 Å². The van der Waals surface area contributed by atoms with Gasteiger partial charge in [0, 0.05) is 23.6 Å². The number of benzene rings is 1. The van der Waals surface area contributed by atoms with Crippen molar-refractivity contribution in [1.82, 2.24) is 15.1 Å². The van der Waals surface area contributed by atoms with Gasteiger partial charge in [-0.2, -0.15) is 0 Å². The molecule has 1 aromatic carbocycles. The molecule has 1 saturated heterocycles. The van der Waals surface area contributed by atoms with Gasteiger partial charge in [0.2, 0.25) is 11.8 Å². The molecule has 2 aromatic rings. The summed E-state index contributed by atoms with van der Waals surface area (Å²) in [6.07, 6.45) is 4.61. The monoisotopic (exact) mass is 329 g/mol. The zero-order chi connectivity index (χ0) is 16.5. The van der Waals surface area contributed by atoms with E-state index in [0.717, 1.165) is 42.7 Å². The third-order valence-corrected chi connectivity index (χ3v) is 4.91. The molecule has 6 nitrogen and oxygen atoms in total. The topological polar surface area (TPSA) is 60.6 Å². The SMILES string of the molecule is COc1ccc([C@H]2CCCN2Cc2nnc(C3CC3)o2)c(OC)c1. The molecule has 0 radical (unpaired) electrons. The molecule has 1 aliphatic carbocycles. The van der Waals surface area contributed by atoms with Gasteiger partial charge in [-0.25, -0.2) is 0 Å². The zero-order valence-electron chi connectivity index (χ0n) is 14.2. The van der Waals surface area contributed by atoms with Crippen LogP contribution in [0.4, 0.5) is 0 Å². The third-order valence-electron chi connectivity index (χ3n) is 4.91. The van der Waals surface area contributed by atoms with Crippen LogP contribution in [-0.4, -0.2) is 35.9 Å². The Morgan fingerprint density at radius 2 is 2.04 bits per heavy atom. The standard InChI is InChI=1S/C18H23N3O3/c1-22-13-7-8-14(16(10-13)23-2)15-4-3-9-21(15)11-17-19-20-18(24-17)12-5-6-12/h7-8,10,12,15H,3-6,9,11H2,1-2H3/t15-/m1/s1. The van der Waals surface area contributed by atoms with Gasteiger partial charge in [0.25, 0.3) is 0 Å². The van der Waals surface area contributed by atoms with Crippen molar-refractivity contribution in [2.24, 2.45) is 0 Å². The summed E-state index contributed by atoms with van der Waals surface area (Å²) in [5.74, 6) is 3.71. The molecular weight excluding hydrogens is 306 g/mol. The van der Waals surface area contributed by atoms with Crippen molar-refractivity contribution in [3.63, 3.8) is 0 Å². The average molecular weight is 329 g/mol. The Labute approximate surface area is 141 Å². The summed E-state index contributed by atoms with van der Waals surface area (Å²) in [6.45, 7) is 1.72. The van der Waals surface area contributed by atoms with Crippen molar-refractivity contribution in [2.75, 3.05) is 20.8 Å². The first-order chi connectivity index (χ1) is 11.8. The summed E-state index contributed by atoms with van der Waals surface area (Å²) in [5.41, 5.74) is 1.19. The summed E-state index contributed by atoms with van der Waals surface area (Å²) in [5, 5.41) is 8.42. The molecule has 0 bridgehead atoms. The largest absolute Gasteiger partial charge is 0.497 e. The van der Waals surface area contributed by atoms with E-state index in [-0.39, 0.29) is 0 Å². The Balaban J connectivity index is 1.53. The fourth-order valence-corrected chi connectivity index (χ4v) is 3.46. The Morgan fingerprint density at radius 3 is 2.79 bits per heavy atom. The number of likely N-dealkylation sites (tertiary alicyclic amines) is 1. The van der Waals surface area contributed by atoms with E-state index in [2.05, 4.69) is 21.2 Å². The molecule has 24 heavy (non-hydrogen) atoms. The normalized spacial score (nSPS) is 21.2. The van der Waals surface area contributed by atoms with E-state index < -0.39 is 0 Å². The fourth-order valence-electron chi connectivity index (χ4n) is 3.46. The van der Waals surface area contributed by atoms with Crippen LogP contribution in [0.3, 0.4) is 0 Å². The second kappa shape index (κ2) is 6.43. The molecule has 0 N–H and O–H groups in total. The molecule has 1 saturated carbocycles. The summed E-state index contributed by atoms with van der Waals surface area (Å²) in [4.78, 5) is 2.40. The van der Waals surface area contributed by atoms with Crippen LogP contribution in [-0.2, 0) is 6.54 Å². The van der Waals surface area contributed by atoms with Crippen LogP contribution in [0.5, 0.6) is 11.5 Å². The Hall–Kier alpha value is -2.08. The summed E-state index contributed by atoms with van der Waals surface area (Å²) in [7, 11) is 3.38. The van der Waals surface area contributed by atoms with Crippen molar-refractivity contribution in [3.05, 3.63) is 35.5 Å². The molecule has 2 heterocycles. The quantitative estimate of drug-likeness (QED) is 0.810. The molecule has 128 valence electrons. The van der Waals surface area contributed by atoms with Crippen molar-refractivity contribution in [1.29, 1.82) is 0 Å². The van der Waals surface area contributed by atoms with Crippen LogP contribution in [0.15, 0.2) is 22.6 Å². The maximum Gasteiger partial charge on any atom is 0.230 e. The molecule has 0 spiro atoms. The first kappa shape index (κ1) is 15.4. The van der Waals surface area contributed by atoms with Gasteiger partial charge in [-0.15, -0.1) is 10.2 Å². The lowest BCUT2D eigenvalue weighted by atomic mass is 10.0. The molecule has 1 aromatic heterocycles. The highest BCUT2D eigenvalue weighted by Crippen LogP contribution is 2.41. The molecule has 6 heteroatoms. The molecule has 0 unspecified atom stereocenters. The van der Waals surface area contributed by atoms with Crippen LogP contribution < -0.4 is 9.47 Å². The van der Waals surface area contributed by atoms with E-state index in [9.17, 15) is 0 Å². The van der Waals surface area contributed by atoms with Crippen LogP contribution in [0, 0.1) is 0 Å². The number of hydrogen-bond donors (Lipinski definition) is 0. The van der Waals surface area contributed by atoms with Gasteiger partial charge in [-0.1, -0.05) is 6.07 Å². The Kier molecular flexibility index (Phi) is 4.14. The molecule has 1 aliphatic heterocycles. The van der Waals surface area contributed by atoms with Crippen molar-refractivity contribution < 1.29 is 13.9 Å². The number of ether oxygens (including phenoxy) is 2. The molecule has 0 amide bonds. The van der Waals surface area contributed by atoms with Gasteiger partial charge < -0.3 is 13.9 Å². The number of methoxy groups -OCH3 is 2.